The topological polar surface area (TPSA) is 24.5 Å². The Bertz CT molecular complexity index is 485. The number of nitrogens with zero attached hydrogens (tertiary/aromatic N) is 1. The lowest BCUT2D eigenvalue weighted by Crippen LogP contribution is -2.49. The van der Waals surface area contributed by atoms with E-state index < -0.39 is 24.3 Å². The van der Waals surface area contributed by atoms with Crippen LogP contribution in [0.2, 0.25) is 0 Å². The van der Waals surface area contributed by atoms with E-state index in [0.29, 0.717) is 13.1 Å². The van der Waals surface area contributed by atoms with Gasteiger partial charge in [-0.05, 0) is 17.7 Å². The van der Waals surface area contributed by atoms with Gasteiger partial charge in [-0.1, -0.05) is 12.1 Å². The molecule has 0 radical (unpaired) electrons. The second-order valence-electron chi connectivity index (χ2n) is 4.85. The van der Waals surface area contributed by atoms with Crippen molar-refractivity contribution in [3.05, 3.63) is 29.8 Å². The Labute approximate surface area is 135 Å². The number of halogens is 7. The van der Waals surface area contributed by atoms with Crippen molar-refractivity contribution in [3.8, 4) is 5.75 Å². The largest absolute Gasteiger partial charge is 0.573 e. The highest BCUT2D eigenvalue weighted by Crippen LogP contribution is 2.38. The lowest BCUT2D eigenvalue weighted by atomic mass is 10.0. The van der Waals surface area contributed by atoms with Gasteiger partial charge < -0.3 is 10.1 Å². The van der Waals surface area contributed by atoms with Gasteiger partial charge in [0.2, 0.25) is 0 Å². The van der Waals surface area contributed by atoms with E-state index in [0.717, 1.165) is 24.3 Å². The quantitative estimate of drug-likeness (QED) is 0.831. The average Bonchev–Trinajstić information content (AvgIpc) is 2.39. The van der Waals surface area contributed by atoms with Gasteiger partial charge in [0.15, 0.2) is 0 Å². The molecule has 1 fully saturated rings. The lowest BCUT2D eigenvalue weighted by molar-refractivity contribution is -0.274. The molecule has 1 N–H and O–H groups in total. The van der Waals surface area contributed by atoms with Gasteiger partial charge in [0, 0.05) is 26.2 Å². The highest BCUT2D eigenvalue weighted by Gasteiger charge is 2.44. The minimum atomic E-state index is -4.87. The molecule has 1 aliphatic rings. The molecular weight excluding hydrogens is 350 g/mol. The van der Waals surface area contributed by atoms with Crippen molar-refractivity contribution in [2.24, 2.45) is 0 Å². The van der Waals surface area contributed by atoms with Crippen LogP contribution in [0, 0.1) is 0 Å². The highest BCUT2D eigenvalue weighted by molar-refractivity contribution is 5.85. The van der Waals surface area contributed by atoms with Crippen molar-refractivity contribution in [2.45, 2.75) is 18.6 Å². The number of hydrogen-bond acceptors (Lipinski definition) is 3. The number of nitrogens with one attached hydrogen (secondary N) is 1. The monoisotopic (exact) mass is 364 g/mol. The zero-order valence-electron chi connectivity index (χ0n) is 11.7. The summed E-state index contributed by atoms with van der Waals surface area (Å²) in [5, 5.41) is 2.95. The standard InChI is InChI=1S/C13H14F6N2O.ClH/c14-12(15,16)11(21-7-5-20-6-8-21)9-1-3-10(4-2-9)22-13(17,18)19;/h1-4,11,20H,5-8H2;1H/t11-;/m1./s1. The molecule has 2 rings (SSSR count). The van der Waals surface area contributed by atoms with Crippen molar-refractivity contribution in [3.63, 3.8) is 0 Å². The maximum atomic E-state index is 13.3. The Balaban J connectivity index is 0.00000264. The molecule has 1 heterocycles. The van der Waals surface area contributed by atoms with Crippen molar-refractivity contribution in [1.29, 1.82) is 0 Å². The van der Waals surface area contributed by atoms with E-state index in [2.05, 4.69) is 10.1 Å². The van der Waals surface area contributed by atoms with Crippen molar-refractivity contribution in [2.75, 3.05) is 26.2 Å². The average molecular weight is 365 g/mol. The fraction of sp³-hybridized carbons (Fsp3) is 0.538. The third kappa shape index (κ3) is 5.74. The van der Waals surface area contributed by atoms with Crippen LogP contribution in [0.4, 0.5) is 26.3 Å². The van der Waals surface area contributed by atoms with Crippen LogP contribution >= 0.6 is 12.4 Å². The van der Waals surface area contributed by atoms with E-state index in [-0.39, 0.29) is 31.1 Å². The third-order valence-electron chi connectivity index (χ3n) is 3.26. The molecule has 0 amide bonds. The molecular formula is C13H15ClF6N2O. The number of piperazine rings is 1. The summed E-state index contributed by atoms with van der Waals surface area (Å²) in [4.78, 5) is 1.26. The van der Waals surface area contributed by atoms with Gasteiger partial charge in [-0.25, -0.2) is 0 Å². The maximum absolute atomic E-state index is 13.3. The second-order valence-corrected chi connectivity index (χ2v) is 4.85. The van der Waals surface area contributed by atoms with Gasteiger partial charge in [0.1, 0.15) is 11.8 Å². The Kier molecular flexibility index (Phi) is 6.55. The van der Waals surface area contributed by atoms with Crippen LogP contribution in [0.25, 0.3) is 0 Å². The summed E-state index contributed by atoms with van der Waals surface area (Å²) in [6.07, 6.45) is -9.38. The maximum Gasteiger partial charge on any atom is 0.573 e. The zero-order chi connectivity index (χ0) is 16.4. The molecule has 1 aromatic carbocycles. The van der Waals surface area contributed by atoms with Gasteiger partial charge in [-0.2, -0.15) is 13.2 Å². The molecule has 0 saturated carbocycles. The second kappa shape index (κ2) is 7.59. The molecule has 0 aliphatic carbocycles. The van der Waals surface area contributed by atoms with Crippen molar-refractivity contribution >= 4 is 12.4 Å². The predicted octanol–water partition coefficient (Wildman–Crippen LogP) is 3.52. The molecule has 23 heavy (non-hydrogen) atoms. The van der Waals surface area contributed by atoms with Crippen LogP contribution in [-0.2, 0) is 0 Å². The summed E-state index contributed by atoms with van der Waals surface area (Å²) in [7, 11) is 0. The van der Waals surface area contributed by atoms with Gasteiger partial charge in [-0.3, -0.25) is 4.90 Å². The minimum Gasteiger partial charge on any atom is -0.406 e. The van der Waals surface area contributed by atoms with E-state index in [9.17, 15) is 26.3 Å². The molecule has 1 saturated heterocycles. The normalized spacial score (nSPS) is 18.2. The molecule has 1 atom stereocenters. The van der Waals surface area contributed by atoms with Crippen LogP contribution in [0.5, 0.6) is 5.75 Å². The third-order valence-corrected chi connectivity index (χ3v) is 3.26. The number of ether oxygens (including phenoxy) is 1. The van der Waals surface area contributed by atoms with Gasteiger partial charge in [0.25, 0.3) is 0 Å². The molecule has 3 nitrogen and oxygen atoms in total. The number of alkyl halides is 6. The fourth-order valence-electron chi connectivity index (χ4n) is 2.40. The predicted molar refractivity (Wildman–Crippen MR) is 73.6 cm³/mol. The number of benzene rings is 1. The molecule has 0 unspecified atom stereocenters. The van der Waals surface area contributed by atoms with E-state index in [1.807, 2.05) is 0 Å². The first-order chi connectivity index (χ1) is 10.2. The van der Waals surface area contributed by atoms with Crippen LogP contribution < -0.4 is 10.1 Å². The molecule has 0 aromatic heterocycles. The van der Waals surface area contributed by atoms with Crippen molar-refractivity contribution < 1.29 is 31.1 Å². The summed E-state index contributed by atoms with van der Waals surface area (Å²) < 4.78 is 79.7. The summed E-state index contributed by atoms with van der Waals surface area (Å²) in [6, 6.07) is 1.98. The highest BCUT2D eigenvalue weighted by atomic mass is 35.5. The van der Waals surface area contributed by atoms with Crippen LogP contribution in [0.1, 0.15) is 11.6 Å². The van der Waals surface area contributed by atoms with Crippen molar-refractivity contribution in [1.82, 2.24) is 10.2 Å². The first-order valence-corrected chi connectivity index (χ1v) is 6.54. The van der Waals surface area contributed by atoms with E-state index in [1.165, 1.54) is 4.90 Å². The zero-order valence-corrected chi connectivity index (χ0v) is 12.6. The molecule has 0 bridgehead atoms. The lowest BCUT2D eigenvalue weighted by Gasteiger charge is -2.36. The van der Waals surface area contributed by atoms with Gasteiger partial charge >= 0.3 is 12.5 Å². The van der Waals surface area contributed by atoms with Crippen LogP contribution in [-0.4, -0.2) is 43.6 Å². The number of rotatable bonds is 3. The van der Waals surface area contributed by atoms with E-state index in [4.69, 9.17) is 0 Å². The number of hydrogen-bond donors (Lipinski definition) is 1. The first kappa shape index (κ1) is 19.9. The smallest absolute Gasteiger partial charge is 0.406 e. The Morgan fingerprint density at radius 1 is 0.957 bits per heavy atom. The fourth-order valence-corrected chi connectivity index (χ4v) is 2.40. The summed E-state index contributed by atoms with van der Waals surface area (Å²) in [6.45, 7) is 1.29. The van der Waals surface area contributed by atoms with Crippen LogP contribution in [0.15, 0.2) is 24.3 Å². The molecule has 1 aliphatic heterocycles. The van der Waals surface area contributed by atoms with E-state index in [1.54, 1.807) is 0 Å². The SMILES string of the molecule is Cl.FC(F)(F)Oc1ccc([C@@H](N2CCNCC2)C(F)(F)F)cc1. The summed E-state index contributed by atoms with van der Waals surface area (Å²) in [5.41, 5.74) is -0.107. The Morgan fingerprint density at radius 2 is 1.48 bits per heavy atom. The first-order valence-electron chi connectivity index (χ1n) is 6.54. The summed E-state index contributed by atoms with van der Waals surface area (Å²) >= 11 is 0. The van der Waals surface area contributed by atoms with Gasteiger partial charge in [0.05, 0.1) is 0 Å². The summed E-state index contributed by atoms with van der Waals surface area (Å²) in [5.74, 6) is -0.544. The van der Waals surface area contributed by atoms with Gasteiger partial charge in [-0.15, -0.1) is 25.6 Å². The molecule has 0 spiro atoms. The van der Waals surface area contributed by atoms with Crippen LogP contribution in [0.3, 0.4) is 0 Å². The molecule has 1 aromatic rings. The molecule has 10 heteroatoms. The molecule has 132 valence electrons. The van der Waals surface area contributed by atoms with E-state index >= 15 is 0 Å². The Morgan fingerprint density at radius 3 is 1.91 bits per heavy atom. The minimum absolute atomic E-state index is 0. The Hall–Kier alpha value is -1.19.